The monoisotopic (exact) mass is 480 g/mol. The number of halogens is 3. The maximum Gasteiger partial charge on any atom is 0.414 e. The standard InChI is InChI=1S/C28H39F3O3/c1-3-27-15-14-18-16-20(32)10-11-21(18)25(27)19(17-26(2)22(27)12-13-23(26)33)8-6-4-5-7-9-24(34)28(29,30)31/h3,10-11,16,19,22-25,32-34H,1,4-9,12-15,17H2,2H3/t19-,22+,23-,24?,25+,26-,27?/m0/s1. The van der Waals surface area contributed by atoms with Gasteiger partial charge in [-0.05, 0) is 96.8 Å². The zero-order valence-electron chi connectivity index (χ0n) is 20.2. The summed E-state index contributed by atoms with van der Waals surface area (Å²) >= 11 is 0. The number of fused-ring (bicyclic) bond motifs is 5. The van der Waals surface area contributed by atoms with E-state index in [0.29, 0.717) is 30.4 Å². The molecule has 0 bridgehead atoms. The molecule has 2 unspecified atom stereocenters. The van der Waals surface area contributed by atoms with Crippen LogP contribution in [-0.4, -0.2) is 33.7 Å². The van der Waals surface area contributed by atoms with Crippen molar-refractivity contribution in [3.05, 3.63) is 42.0 Å². The number of aliphatic hydroxyl groups is 2. The van der Waals surface area contributed by atoms with Crippen LogP contribution in [0.3, 0.4) is 0 Å². The summed E-state index contributed by atoms with van der Waals surface area (Å²) in [7, 11) is 0. The Morgan fingerprint density at radius 2 is 1.91 bits per heavy atom. The fourth-order valence-corrected chi connectivity index (χ4v) is 7.95. The Balaban J connectivity index is 1.51. The van der Waals surface area contributed by atoms with E-state index in [2.05, 4.69) is 25.6 Å². The normalized spacial score (nSPS) is 35.8. The molecular weight excluding hydrogens is 441 g/mol. The number of hydrogen-bond acceptors (Lipinski definition) is 3. The van der Waals surface area contributed by atoms with Crippen molar-refractivity contribution in [1.29, 1.82) is 0 Å². The van der Waals surface area contributed by atoms with Gasteiger partial charge in [0.15, 0.2) is 0 Å². The van der Waals surface area contributed by atoms with Crippen LogP contribution in [0.2, 0.25) is 0 Å². The highest BCUT2D eigenvalue weighted by Gasteiger charge is 2.63. The van der Waals surface area contributed by atoms with E-state index in [-0.39, 0.29) is 29.3 Å². The van der Waals surface area contributed by atoms with E-state index in [9.17, 15) is 28.5 Å². The van der Waals surface area contributed by atoms with Crippen LogP contribution in [0.1, 0.15) is 88.2 Å². The van der Waals surface area contributed by atoms with Crippen LogP contribution >= 0.6 is 0 Å². The van der Waals surface area contributed by atoms with Crippen LogP contribution in [-0.2, 0) is 6.42 Å². The van der Waals surface area contributed by atoms with Crippen LogP contribution in [0.4, 0.5) is 13.2 Å². The molecule has 0 heterocycles. The summed E-state index contributed by atoms with van der Waals surface area (Å²) in [4.78, 5) is 0. The first-order valence-corrected chi connectivity index (χ1v) is 12.9. The van der Waals surface area contributed by atoms with Gasteiger partial charge < -0.3 is 15.3 Å². The summed E-state index contributed by atoms with van der Waals surface area (Å²) in [6.45, 7) is 6.56. The number of alkyl halides is 3. The Morgan fingerprint density at radius 1 is 1.18 bits per heavy atom. The molecule has 3 N–H and O–H groups in total. The Hall–Kier alpha value is -1.53. The van der Waals surface area contributed by atoms with Gasteiger partial charge in [-0.2, -0.15) is 13.2 Å². The molecule has 2 fully saturated rings. The molecule has 3 aliphatic rings. The number of unbranched alkanes of at least 4 members (excludes halogenated alkanes) is 3. The predicted molar refractivity (Wildman–Crippen MR) is 127 cm³/mol. The van der Waals surface area contributed by atoms with E-state index >= 15 is 0 Å². The van der Waals surface area contributed by atoms with Crippen molar-refractivity contribution in [3.63, 3.8) is 0 Å². The molecule has 0 amide bonds. The van der Waals surface area contributed by atoms with E-state index in [1.165, 1.54) is 11.1 Å². The number of rotatable bonds is 8. The molecule has 1 aromatic carbocycles. The number of benzene rings is 1. The number of aromatic hydroxyl groups is 1. The number of aliphatic hydroxyl groups excluding tert-OH is 2. The fourth-order valence-electron chi connectivity index (χ4n) is 7.95. The van der Waals surface area contributed by atoms with Crippen molar-refractivity contribution in [1.82, 2.24) is 0 Å². The molecule has 190 valence electrons. The Kier molecular flexibility index (Phi) is 7.14. The lowest BCUT2D eigenvalue weighted by Crippen LogP contribution is -2.54. The molecule has 6 heteroatoms. The molecule has 3 aliphatic carbocycles. The van der Waals surface area contributed by atoms with Crippen LogP contribution in [0.25, 0.3) is 0 Å². The Labute approximate surface area is 201 Å². The van der Waals surface area contributed by atoms with Crippen LogP contribution in [0, 0.1) is 22.7 Å². The van der Waals surface area contributed by atoms with Crippen LogP contribution in [0.15, 0.2) is 30.9 Å². The van der Waals surface area contributed by atoms with E-state index in [1.54, 1.807) is 6.07 Å². The lowest BCUT2D eigenvalue weighted by molar-refractivity contribution is -0.205. The van der Waals surface area contributed by atoms with Crippen molar-refractivity contribution in [2.75, 3.05) is 0 Å². The van der Waals surface area contributed by atoms with E-state index < -0.39 is 12.3 Å². The maximum atomic E-state index is 12.5. The molecule has 0 saturated heterocycles. The summed E-state index contributed by atoms with van der Waals surface area (Å²) in [5.74, 6) is 1.29. The lowest BCUT2D eigenvalue weighted by atomic mass is 9.44. The van der Waals surface area contributed by atoms with Crippen molar-refractivity contribution >= 4 is 0 Å². The van der Waals surface area contributed by atoms with Crippen molar-refractivity contribution in [2.45, 2.75) is 102 Å². The lowest BCUT2D eigenvalue weighted by Gasteiger charge is -2.60. The fraction of sp³-hybridized carbons (Fsp3) is 0.714. The highest BCUT2D eigenvalue weighted by atomic mass is 19.4. The average molecular weight is 481 g/mol. The molecular formula is C28H39F3O3. The van der Waals surface area contributed by atoms with Crippen LogP contribution < -0.4 is 0 Å². The van der Waals surface area contributed by atoms with Crippen LogP contribution in [0.5, 0.6) is 5.75 Å². The van der Waals surface area contributed by atoms with Crippen molar-refractivity contribution in [2.24, 2.45) is 22.7 Å². The van der Waals surface area contributed by atoms with Gasteiger partial charge in [-0.25, -0.2) is 0 Å². The van der Waals surface area contributed by atoms with E-state index in [4.69, 9.17) is 0 Å². The predicted octanol–water partition coefficient (Wildman–Crippen LogP) is 6.66. The SMILES string of the molecule is C=CC12CCc3cc(O)ccc3[C@H]1[C@@H](CCCCCCC(O)C(F)(F)F)C[C@]1(C)[C@@H](O)CC[C@@H]21. The third kappa shape index (κ3) is 4.41. The van der Waals surface area contributed by atoms with Gasteiger partial charge in [-0.1, -0.05) is 44.7 Å². The zero-order chi connectivity index (χ0) is 24.7. The van der Waals surface area contributed by atoms with Crippen molar-refractivity contribution in [3.8, 4) is 5.75 Å². The number of phenols is 1. The topological polar surface area (TPSA) is 60.7 Å². The minimum absolute atomic E-state index is 0.0874. The maximum absolute atomic E-state index is 12.5. The minimum atomic E-state index is -4.53. The average Bonchev–Trinajstić information content (AvgIpc) is 3.09. The van der Waals surface area contributed by atoms with Gasteiger partial charge in [0.1, 0.15) is 11.9 Å². The van der Waals surface area contributed by atoms with Gasteiger partial charge >= 0.3 is 6.18 Å². The van der Waals surface area contributed by atoms with Gasteiger partial charge in [-0.3, -0.25) is 0 Å². The Bertz CT molecular complexity index is 884. The van der Waals surface area contributed by atoms with Gasteiger partial charge in [0.05, 0.1) is 6.10 Å². The molecule has 0 aromatic heterocycles. The highest BCUT2D eigenvalue weighted by molar-refractivity contribution is 5.43. The van der Waals surface area contributed by atoms with E-state index in [1.807, 2.05) is 6.07 Å². The molecule has 3 nitrogen and oxygen atoms in total. The second kappa shape index (κ2) is 9.50. The van der Waals surface area contributed by atoms with Gasteiger partial charge in [0, 0.05) is 0 Å². The number of allylic oxidation sites excluding steroid dienone is 1. The second-order valence-electron chi connectivity index (χ2n) is 11.3. The molecule has 7 atom stereocenters. The van der Waals surface area contributed by atoms with Gasteiger partial charge in [0.25, 0.3) is 0 Å². The number of hydrogen-bond donors (Lipinski definition) is 3. The number of aryl methyl sites for hydroxylation is 1. The first kappa shape index (κ1) is 25.6. The van der Waals surface area contributed by atoms with Crippen molar-refractivity contribution < 1.29 is 28.5 Å². The van der Waals surface area contributed by atoms with Gasteiger partial charge in [0.2, 0.25) is 0 Å². The highest BCUT2D eigenvalue weighted by Crippen LogP contribution is 2.69. The molecule has 0 aliphatic heterocycles. The number of phenolic OH excluding ortho intramolecular Hbond substituents is 1. The quantitative estimate of drug-likeness (QED) is 0.288. The first-order valence-electron chi connectivity index (χ1n) is 12.9. The summed E-state index contributed by atoms with van der Waals surface area (Å²) in [6.07, 6.45) is 3.21. The Morgan fingerprint density at radius 3 is 2.62 bits per heavy atom. The third-order valence-corrected chi connectivity index (χ3v) is 9.54. The summed E-state index contributed by atoms with van der Waals surface area (Å²) in [5, 5.41) is 30.3. The largest absolute Gasteiger partial charge is 0.508 e. The molecule has 1 aromatic rings. The third-order valence-electron chi connectivity index (χ3n) is 9.54. The summed E-state index contributed by atoms with van der Waals surface area (Å²) in [5.41, 5.74) is 2.26. The smallest absolute Gasteiger partial charge is 0.414 e. The molecule has 0 radical (unpaired) electrons. The molecule has 2 saturated carbocycles. The first-order chi connectivity index (χ1) is 16.0. The summed E-state index contributed by atoms with van der Waals surface area (Å²) in [6, 6.07) is 5.74. The molecule has 4 rings (SSSR count). The van der Waals surface area contributed by atoms with Gasteiger partial charge in [-0.15, -0.1) is 6.58 Å². The minimum Gasteiger partial charge on any atom is -0.508 e. The van der Waals surface area contributed by atoms with E-state index in [0.717, 1.165) is 51.4 Å². The second-order valence-corrected chi connectivity index (χ2v) is 11.3. The summed E-state index contributed by atoms with van der Waals surface area (Å²) < 4.78 is 37.6. The molecule has 34 heavy (non-hydrogen) atoms. The molecule has 0 spiro atoms. The zero-order valence-corrected chi connectivity index (χ0v) is 20.2.